The smallest absolute Gasteiger partial charge is 0.872 e. The molecule has 0 spiro atoms. The molecule has 2 rings (SSSR count). The number of aryl methyl sites for hydroxylation is 1. The Morgan fingerprint density at radius 2 is 1.72 bits per heavy atom. The molecular formula is C18H21NaO5S. The molecule has 0 amide bonds. The maximum Gasteiger partial charge on any atom is 1.00 e. The molecule has 0 atom stereocenters. The number of ether oxygens (including phenoxy) is 1. The van der Waals surface area contributed by atoms with E-state index in [4.69, 9.17) is 4.74 Å². The fourth-order valence-corrected chi connectivity index (χ4v) is 3.37. The van der Waals surface area contributed by atoms with Gasteiger partial charge in [0.25, 0.3) is 10.1 Å². The van der Waals surface area contributed by atoms with Crippen LogP contribution in [-0.2, 0) is 16.5 Å². The van der Waals surface area contributed by atoms with Gasteiger partial charge in [0.15, 0.2) is 0 Å². The van der Waals surface area contributed by atoms with Crippen LogP contribution in [0.1, 0.15) is 38.2 Å². The van der Waals surface area contributed by atoms with E-state index in [2.05, 4.69) is 6.92 Å². The Labute approximate surface area is 171 Å². The Bertz CT molecular complexity index is 773. The fraction of sp³-hybridized carbons (Fsp3) is 0.333. The first-order valence-corrected chi connectivity index (χ1v) is 9.40. The minimum atomic E-state index is -4.42. The standard InChI is InChI=1S/C18H22O5S.Na/c1-2-3-4-5-7-14-8-6-9-17(18(14)24(20,21)22)23-16-12-10-15(19)11-13-16;/h6,8-13,19H,2-5,7H2,1H3,(H,20,21,22);/q;+1/p-1. The second-order valence-electron chi connectivity index (χ2n) is 5.60. The maximum absolute atomic E-state index is 11.8. The van der Waals surface area contributed by atoms with E-state index in [0.717, 1.165) is 25.7 Å². The summed E-state index contributed by atoms with van der Waals surface area (Å²) in [6.07, 6.45) is 4.55. The molecule has 130 valence electrons. The molecule has 2 aromatic rings. The molecule has 0 aliphatic carbocycles. The fourth-order valence-electron chi connectivity index (χ4n) is 2.51. The molecular weight excluding hydrogens is 351 g/mol. The molecule has 0 aliphatic rings. The van der Waals surface area contributed by atoms with E-state index >= 15 is 0 Å². The van der Waals surface area contributed by atoms with Crippen LogP contribution in [-0.4, -0.2) is 13.0 Å². The van der Waals surface area contributed by atoms with Crippen LogP contribution in [0.2, 0.25) is 0 Å². The summed E-state index contributed by atoms with van der Waals surface area (Å²) < 4.78 is 38.9. The minimum Gasteiger partial charge on any atom is -0.872 e. The second kappa shape index (κ2) is 10.2. The predicted octanol–water partition coefficient (Wildman–Crippen LogP) is 0.926. The molecule has 7 heteroatoms. The third-order valence-electron chi connectivity index (χ3n) is 3.67. The van der Waals surface area contributed by atoms with Crippen LogP contribution in [0.5, 0.6) is 17.2 Å². The zero-order chi connectivity index (χ0) is 17.6. The van der Waals surface area contributed by atoms with Gasteiger partial charge in [0.2, 0.25) is 0 Å². The summed E-state index contributed by atoms with van der Waals surface area (Å²) >= 11 is 0. The van der Waals surface area contributed by atoms with Crippen LogP contribution in [0.3, 0.4) is 0 Å². The molecule has 25 heavy (non-hydrogen) atoms. The van der Waals surface area contributed by atoms with Gasteiger partial charge in [-0.25, -0.2) is 0 Å². The first-order chi connectivity index (χ1) is 11.4. The van der Waals surface area contributed by atoms with Crippen LogP contribution in [0.4, 0.5) is 0 Å². The summed E-state index contributed by atoms with van der Waals surface area (Å²) in [6, 6.07) is 10.5. The molecule has 5 nitrogen and oxygen atoms in total. The van der Waals surface area contributed by atoms with Gasteiger partial charge in [-0.05, 0) is 36.6 Å². The van der Waals surface area contributed by atoms with Crippen LogP contribution < -0.4 is 39.4 Å². The molecule has 0 aliphatic heterocycles. The predicted molar refractivity (Wildman–Crippen MR) is 90.1 cm³/mol. The molecule has 0 heterocycles. The van der Waals surface area contributed by atoms with E-state index in [1.165, 1.54) is 30.3 Å². The van der Waals surface area contributed by atoms with Gasteiger partial charge < -0.3 is 9.84 Å². The van der Waals surface area contributed by atoms with Crippen LogP contribution in [0, 0.1) is 0 Å². The largest absolute Gasteiger partial charge is 1.00 e. The van der Waals surface area contributed by atoms with Crippen molar-refractivity contribution in [1.29, 1.82) is 0 Å². The van der Waals surface area contributed by atoms with Crippen molar-refractivity contribution in [2.75, 3.05) is 0 Å². The SMILES string of the molecule is CCCCCCc1cccc(Oc2ccc([O-])cc2)c1S(=O)(=O)O.[Na+]. The van der Waals surface area contributed by atoms with Crippen LogP contribution in [0.25, 0.3) is 0 Å². The first-order valence-electron chi connectivity index (χ1n) is 7.96. The van der Waals surface area contributed by atoms with E-state index in [9.17, 15) is 18.1 Å². The number of benzene rings is 2. The summed E-state index contributed by atoms with van der Waals surface area (Å²) in [5.41, 5.74) is 0.534. The van der Waals surface area contributed by atoms with Gasteiger partial charge in [-0.1, -0.05) is 50.5 Å². The first kappa shape index (κ1) is 22.0. The van der Waals surface area contributed by atoms with E-state index in [1.54, 1.807) is 12.1 Å². The zero-order valence-corrected chi connectivity index (χ0v) is 17.4. The number of unbranched alkanes of at least 4 members (excludes halogenated alkanes) is 3. The average molecular weight is 372 g/mol. The monoisotopic (exact) mass is 372 g/mol. The topological polar surface area (TPSA) is 86.7 Å². The van der Waals surface area contributed by atoms with Gasteiger partial charge in [-0.3, -0.25) is 4.55 Å². The van der Waals surface area contributed by atoms with Crippen molar-refractivity contribution in [3.8, 4) is 17.2 Å². The molecule has 0 unspecified atom stereocenters. The average Bonchev–Trinajstić information content (AvgIpc) is 2.53. The van der Waals surface area contributed by atoms with Gasteiger partial charge in [0.1, 0.15) is 16.4 Å². The van der Waals surface area contributed by atoms with Gasteiger partial charge in [0, 0.05) is 0 Å². The van der Waals surface area contributed by atoms with Crippen LogP contribution >= 0.6 is 0 Å². The zero-order valence-electron chi connectivity index (χ0n) is 14.6. The van der Waals surface area contributed by atoms with Crippen LogP contribution in [0.15, 0.2) is 47.4 Å². The normalized spacial score (nSPS) is 11.0. The molecule has 2 aromatic carbocycles. The molecule has 0 radical (unpaired) electrons. The summed E-state index contributed by atoms with van der Waals surface area (Å²) in [5, 5.41) is 11.1. The molecule has 0 fully saturated rings. The van der Waals surface area contributed by atoms with Gasteiger partial charge in [-0.2, -0.15) is 8.42 Å². The van der Waals surface area contributed by atoms with Crippen molar-refractivity contribution >= 4 is 10.1 Å². The summed E-state index contributed by atoms with van der Waals surface area (Å²) in [4.78, 5) is -0.201. The Morgan fingerprint density at radius 3 is 2.32 bits per heavy atom. The van der Waals surface area contributed by atoms with Crippen molar-refractivity contribution in [2.45, 2.75) is 43.9 Å². The molecule has 1 N–H and O–H groups in total. The Morgan fingerprint density at radius 1 is 1.04 bits per heavy atom. The number of hydrogen-bond donors (Lipinski definition) is 1. The minimum absolute atomic E-state index is 0. The van der Waals surface area contributed by atoms with E-state index in [0.29, 0.717) is 17.7 Å². The Hall–Kier alpha value is -1.05. The van der Waals surface area contributed by atoms with Gasteiger partial charge in [-0.15, -0.1) is 5.75 Å². The number of rotatable bonds is 8. The van der Waals surface area contributed by atoms with Gasteiger partial charge >= 0.3 is 29.6 Å². The van der Waals surface area contributed by atoms with Crippen molar-refractivity contribution in [1.82, 2.24) is 0 Å². The van der Waals surface area contributed by atoms with Crippen molar-refractivity contribution in [2.24, 2.45) is 0 Å². The molecule has 0 aromatic heterocycles. The summed E-state index contributed by atoms with van der Waals surface area (Å²) in [5.74, 6) is 0.230. The summed E-state index contributed by atoms with van der Waals surface area (Å²) in [6.45, 7) is 2.10. The molecule has 0 bridgehead atoms. The molecule has 0 saturated carbocycles. The van der Waals surface area contributed by atoms with Crippen molar-refractivity contribution in [3.63, 3.8) is 0 Å². The quantitative estimate of drug-likeness (QED) is 0.423. The van der Waals surface area contributed by atoms with Gasteiger partial charge in [0.05, 0.1) is 0 Å². The number of hydrogen-bond acceptors (Lipinski definition) is 4. The third kappa shape index (κ3) is 6.64. The summed E-state index contributed by atoms with van der Waals surface area (Å²) in [7, 11) is -4.42. The second-order valence-corrected chi connectivity index (χ2v) is 6.96. The maximum atomic E-state index is 11.8. The van der Waals surface area contributed by atoms with E-state index in [1.807, 2.05) is 0 Å². The van der Waals surface area contributed by atoms with Crippen molar-refractivity contribution in [3.05, 3.63) is 48.0 Å². The van der Waals surface area contributed by atoms with E-state index < -0.39 is 10.1 Å². The Kier molecular flexibility index (Phi) is 8.96. The molecule has 0 saturated heterocycles. The van der Waals surface area contributed by atoms with E-state index in [-0.39, 0.29) is 46.0 Å². The Balaban J connectivity index is 0.00000312. The third-order valence-corrected chi connectivity index (χ3v) is 4.65. The van der Waals surface area contributed by atoms with Crippen molar-refractivity contribution < 1.29 is 52.4 Å².